The molecule has 3 N–H and O–H groups in total. The van der Waals surface area contributed by atoms with Crippen LogP contribution in [-0.2, 0) is 23.0 Å². The highest BCUT2D eigenvalue weighted by molar-refractivity contribution is 7.89. The Balaban J connectivity index is 1.92. The van der Waals surface area contributed by atoms with E-state index in [1.807, 2.05) is 0 Å². The number of nitrogens with one attached hydrogen (secondary N) is 1. The van der Waals surface area contributed by atoms with Gasteiger partial charge in [-0.15, -0.1) is 0 Å². The highest BCUT2D eigenvalue weighted by Gasteiger charge is 2.31. The number of nitrogens with zero attached hydrogens (tertiary/aromatic N) is 2. The van der Waals surface area contributed by atoms with E-state index < -0.39 is 10.0 Å². The smallest absolute Gasteiger partial charge is 0.292 e. The van der Waals surface area contributed by atoms with Crippen molar-refractivity contribution in [3.8, 4) is 0 Å². The van der Waals surface area contributed by atoms with Crippen LogP contribution in [0.4, 0.5) is 6.01 Å². The molecule has 1 aliphatic heterocycles. The Bertz CT molecular complexity index is 659. The average molecular weight is 268 g/mol. The van der Waals surface area contributed by atoms with Crippen LogP contribution in [0, 0.1) is 0 Å². The number of hydrogen-bond donors (Lipinski definition) is 2. The maximum atomic E-state index is 12.3. The Morgan fingerprint density at radius 1 is 1.50 bits per heavy atom. The standard InChI is InChI=1S/C10H12N4O3S/c11-10-13-8-6-14(4-2-9(8)17-10)18(15,16)7-1-3-12-5-7/h1,3,5,12H,2,4,6H2,(H2,11,13). The van der Waals surface area contributed by atoms with Gasteiger partial charge in [0.2, 0.25) is 10.0 Å². The van der Waals surface area contributed by atoms with E-state index >= 15 is 0 Å². The fourth-order valence-electron chi connectivity index (χ4n) is 2.02. The molecular formula is C10H12N4O3S. The second-order valence-corrected chi connectivity index (χ2v) is 6.00. The second kappa shape index (κ2) is 3.85. The number of fused-ring (bicyclic) bond motifs is 1. The van der Waals surface area contributed by atoms with E-state index in [0.717, 1.165) is 0 Å². The lowest BCUT2D eigenvalue weighted by Crippen LogP contribution is -2.35. The number of hydrogen-bond acceptors (Lipinski definition) is 5. The molecule has 3 rings (SSSR count). The van der Waals surface area contributed by atoms with Crippen LogP contribution in [0.5, 0.6) is 0 Å². The normalized spacial score (nSPS) is 16.7. The van der Waals surface area contributed by atoms with Gasteiger partial charge in [-0.1, -0.05) is 0 Å². The van der Waals surface area contributed by atoms with E-state index in [1.165, 1.54) is 16.6 Å². The minimum absolute atomic E-state index is 0.0842. The minimum atomic E-state index is -3.47. The summed E-state index contributed by atoms with van der Waals surface area (Å²) in [6, 6.07) is 1.61. The van der Waals surface area contributed by atoms with Crippen molar-refractivity contribution in [1.82, 2.24) is 14.3 Å². The van der Waals surface area contributed by atoms with Gasteiger partial charge in [-0.2, -0.15) is 9.29 Å². The van der Waals surface area contributed by atoms with Crippen LogP contribution in [0.25, 0.3) is 0 Å². The molecule has 0 aromatic carbocycles. The highest BCUT2D eigenvalue weighted by Crippen LogP contribution is 2.25. The average Bonchev–Trinajstić information content (AvgIpc) is 2.95. The van der Waals surface area contributed by atoms with Crippen LogP contribution in [0.2, 0.25) is 0 Å². The number of aromatic nitrogens is 2. The summed E-state index contributed by atoms with van der Waals surface area (Å²) in [6.45, 7) is 0.568. The number of nitrogens with two attached hydrogens (primary N) is 1. The predicted octanol–water partition coefficient (Wildman–Crippen LogP) is 0.332. The van der Waals surface area contributed by atoms with Gasteiger partial charge in [0.05, 0.1) is 17.1 Å². The summed E-state index contributed by atoms with van der Waals surface area (Å²) >= 11 is 0. The van der Waals surface area contributed by atoms with Gasteiger partial charge < -0.3 is 15.1 Å². The van der Waals surface area contributed by atoms with Crippen LogP contribution < -0.4 is 5.73 Å². The largest absolute Gasteiger partial charge is 0.429 e. The number of H-pyrrole nitrogens is 1. The van der Waals surface area contributed by atoms with E-state index in [0.29, 0.717) is 24.4 Å². The molecule has 1 aliphatic rings. The van der Waals surface area contributed by atoms with Crippen molar-refractivity contribution in [1.29, 1.82) is 0 Å². The molecule has 0 fully saturated rings. The molecule has 0 spiro atoms. The van der Waals surface area contributed by atoms with Crippen molar-refractivity contribution >= 4 is 16.0 Å². The Labute approximate surface area is 104 Å². The quantitative estimate of drug-likeness (QED) is 0.816. The molecule has 0 atom stereocenters. The van der Waals surface area contributed by atoms with E-state index in [2.05, 4.69) is 9.97 Å². The minimum Gasteiger partial charge on any atom is -0.429 e. The first-order chi connectivity index (χ1) is 8.57. The topological polar surface area (TPSA) is 105 Å². The molecule has 8 heteroatoms. The van der Waals surface area contributed by atoms with Crippen molar-refractivity contribution in [2.45, 2.75) is 17.9 Å². The lowest BCUT2D eigenvalue weighted by atomic mass is 10.2. The van der Waals surface area contributed by atoms with Gasteiger partial charge in [-0.3, -0.25) is 0 Å². The van der Waals surface area contributed by atoms with Crippen LogP contribution >= 0.6 is 0 Å². The molecule has 2 aromatic heterocycles. The molecule has 0 amide bonds. The molecule has 0 radical (unpaired) electrons. The third-order valence-corrected chi connectivity index (χ3v) is 4.76. The maximum Gasteiger partial charge on any atom is 0.292 e. The van der Waals surface area contributed by atoms with Crippen LogP contribution in [-0.4, -0.2) is 29.2 Å². The number of oxazole rings is 1. The Kier molecular flexibility index (Phi) is 2.42. The molecule has 96 valence electrons. The van der Waals surface area contributed by atoms with Crippen molar-refractivity contribution in [2.24, 2.45) is 0 Å². The van der Waals surface area contributed by atoms with E-state index in [1.54, 1.807) is 6.20 Å². The molecule has 2 aromatic rings. The summed E-state index contributed by atoms with van der Waals surface area (Å²) < 4.78 is 31.1. The molecule has 3 heterocycles. The number of anilines is 1. The van der Waals surface area contributed by atoms with Gasteiger partial charge in [0.15, 0.2) is 0 Å². The summed E-state index contributed by atoms with van der Waals surface area (Å²) in [6.07, 6.45) is 3.53. The molecule has 0 saturated carbocycles. The molecule has 0 aliphatic carbocycles. The zero-order valence-electron chi connectivity index (χ0n) is 9.46. The summed E-state index contributed by atoms with van der Waals surface area (Å²) in [4.78, 5) is 6.98. The number of sulfonamides is 1. The van der Waals surface area contributed by atoms with Gasteiger partial charge >= 0.3 is 0 Å². The molecular weight excluding hydrogens is 256 g/mol. The summed E-state index contributed by atoms with van der Waals surface area (Å²) in [5.74, 6) is 0.674. The fourth-order valence-corrected chi connectivity index (χ4v) is 3.40. The zero-order chi connectivity index (χ0) is 12.8. The first kappa shape index (κ1) is 11.3. The van der Waals surface area contributed by atoms with Crippen molar-refractivity contribution in [3.63, 3.8) is 0 Å². The Morgan fingerprint density at radius 2 is 2.33 bits per heavy atom. The van der Waals surface area contributed by atoms with E-state index in [-0.39, 0.29) is 17.5 Å². The number of nitrogen functional groups attached to an aromatic ring is 1. The van der Waals surface area contributed by atoms with Gasteiger partial charge in [-0.25, -0.2) is 8.42 Å². The van der Waals surface area contributed by atoms with Crippen molar-refractivity contribution in [3.05, 3.63) is 29.9 Å². The second-order valence-electron chi connectivity index (χ2n) is 4.06. The van der Waals surface area contributed by atoms with Crippen molar-refractivity contribution < 1.29 is 12.8 Å². The molecule has 0 unspecified atom stereocenters. The monoisotopic (exact) mass is 268 g/mol. The van der Waals surface area contributed by atoms with Gasteiger partial charge in [0, 0.05) is 25.4 Å². The maximum absolute atomic E-state index is 12.3. The van der Waals surface area contributed by atoms with Crippen molar-refractivity contribution in [2.75, 3.05) is 12.3 Å². The van der Waals surface area contributed by atoms with Gasteiger partial charge in [0.1, 0.15) is 5.76 Å². The highest BCUT2D eigenvalue weighted by atomic mass is 32.2. The first-order valence-electron chi connectivity index (χ1n) is 5.44. The zero-order valence-corrected chi connectivity index (χ0v) is 10.3. The van der Waals surface area contributed by atoms with Crippen LogP contribution in [0.1, 0.15) is 11.5 Å². The summed E-state index contributed by atoms with van der Waals surface area (Å²) in [5, 5.41) is 0. The first-order valence-corrected chi connectivity index (χ1v) is 6.88. The molecule has 7 nitrogen and oxygen atoms in total. The Morgan fingerprint density at radius 3 is 3.06 bits per heavy atom. The molecule has 0 saturated heterocycles. The fraction of sp³-hybridized carbons (Fsp3) is 0.300. The summed E-state index contributed by atoms with van der Waals surface area (Å²) in [5.41, 5.74) is 6.05. The predicted molar refractivity (Wildman–Crippen MR) is 63.0 cm³/mol. The third-order valence-electron chi connectivity index (χ3n) is 2.92. The summed E-state index contributed by atoms with van der Waals surface area (Å²) in [7, 11) is -3.47. The lowest BCUT2D eigenvalue weighted by molar-refractivity contribution is 0.363. The SMILES string of the molecule is Nc1nc2c(o1)CCN(S(=O)(=O)c1cc[nH]c1)C2. The molecule has 18 heavy (non-hydrogen) atoms. The van der Waals surface area contributed by atoms with E-state index in [9.17, 15) is 8.42 Å². The van der Waals surface area contributed by atoms with Crippen LogP contribution in [0.15, 0.2) is 27.8 Å². The Hall–Kier alpha value is -1.80. The number of rotatable bonds is 2. The van der Waals surface area contributed by atoms with Gasteiger partial charge in [-0.05, 0) is 6.07 Å². The van der Waals surface area contributed by atoms with E-state index in [4.69, 9.17) is 10.2 Å². The lowest BCUT2D eigenvalue weighted by Gasteiger charge is -2.23. The third kappa shape index (κ3) is 1.70. The van der Waals surface area contributed by atoms with Crippen LogP contribution in [0.3, 0.4) is 0 Å². The molecule has 0 bridgehead atoms. The number of aromatic amines is 1. The van der Waals surface area contributed by atoms with Gasteiger partial charge in [0.25, 0.3) is 6.01 Å².